The van der Waals surface area contributed by atoms with Crippen LogP contribution in [0.3, 0.4) is 0 Å². The molecule has 7 heteroatoms. The Hall–Kier alpha value is -2.18. The van der Waals surface area contributed by atoms with Gasteiger partial charge in [-0.1, -0.05) is 30.3 Å². The summed E-state index contributed by atoms with van der Waals surface area (Å²) >= 11 is 0. The summed E-state index contributed by atoms with van der Waals surface area (Å²) in [5.41, 5.74) is 13.4. The first-order valence-corrected chi connectivity index (χ1v) is 7.38. The van der Waals surface area contributed by atoms with Crippen molar-refractivity contribution in [1.82, 2.24) is 15.3 Å². The van der Waals surface area contributed by atoms with E-state index in [1.165, 1.54) is 6.20 Å². The first kappa shape index (κ1) is 17.2. The number of halogens is 1. The number of anilines is 1. The number of nitrogens with zero attached hydrogens (tertiary/aromatic N) is 2. The highest BCUT2D eigenvalue weighted by atomic mass is 35.5. The summed E-state index contributed by atoms with van der Waals surface area (Å²) in [5.74, 6) is -0.0313. The van der Waals surface area contributed by atoms with Gasteiger partial charge in [-0.25, -0.2) is 9.97 Å². The lowest BCUT2D eigenvalue weighted by atomic mass is 10.1. The molecule has 1 aromatic heterocycles. The van der Waals surface area contributed by atoms with Crippen LogP contribution in [0.1, 0.15) is 29.6 Å². The molecule has 0 bridgehead atoms. The van der Waals surface area contributed by atoms with Crippen LogP contribution < -0.4 is 16.8 Å². The number of nitrogens with one attached hydrogen (secondary N) is 1. The van der Waals surface area contributed by atoms with E-state index in [0.29, 0.717) is 11.3 Å². The minimum absolute atomic E-state index is 0. The van der Waals surface area contributed by atoms with Crippen molar-refractivity contribution in [3.05, 3.63) is 42.1 Å². The number of aromatic nitrogens is 2. The minimum Gasteiger partial charge on any atom is -0.368 e. The summed E-state index contributed by atoms with van der Waals surface area (Å²) in [5, 5.41) is 3.02. The molecule has 1 aromatic carbocycles. The topological polar surface area (TPSA) is 107 Å². The first-order chi connectivity index (χ1) is 10.6. The van der Waals surface area contributed by atoms with E-state index < -0.39 is 0 Å². The highest BCUT2D eigenvalue weighted by molar-refractivity contribution is 6.00. The molecule has 1 aliphatic rings. The molecule has 122 valence electrons. The van der Waals surface area contributed by atoms with Crippen molar-refractivity contribution in [2.24, 2.45) is 5.73 Å². The van der Waals surface area contributed by atoms with Gasteiger partial charge < -0.3 is 16.8 Å². The Morgan fingerprint density at radius 2 is 1.96 bits per heavy atom. The van der Waals surface area contributed by atoms with Gasteiger partial charge in [0.15, 0.2) is 0 Å². The van der Waals surface area contributed by atoms with Crippen LogP contribution in [-0.4, -0.2) is 28.0 Å². The Morgan fingerprint density at radius 1 is 1.22 bits per heavy atom. The molecule has 1 heterocycles. The standard InChI is InChI=1S/C16H19N5O.ClH/c17-11-6-7-12(8-11)20-15(22)13-9-19-16(18)21-14(13)10-4-2-1-3-5-10;/h1-5,9,11-12H,6-8,17H2,(H,20,22)(H2,18,19,21);1H/t11-,12-;/m1./s1. The van der Waals surface area contributed by atoms with Gasteiger partial charge in [0, 0.05) is 23.8 Å². The van der Waals surface area contributed by atoms with Gasteiger partial charge in [0.2, 0.25) is 5.95 Å². The predicted molar refractivity (Wildman–Crippen MR) is 92.2 cm³/mol. The van der Waals surface area contributed by atoms with Crippen LogP contribution in [0.2, 0.25) is 0 Å². The quantitative estimate of drug-likeness (QED) is 0.793. The van der Waals surface area contributed by atoms with Crippen LogP contribution in [0.5, 0.6) is 0 Å². The van der Waals surface area contributed by atoms with Crippen LogP contribution in [0.15, 0.2) is 36.5 Å². The number of amides is 1. The molecule has 0 saturated heterocycles. The van der Waals surface area contributed by atoms with Gasteiger partial charge in [0.05, 0.1) is 11.3 Å². The van der Waals surface area contributed by atoms with Gasteiger partial charge in [-0.05, 0) is 19.3 Å². The zero-order chi connectivity index (χ0) is 15.5. The molecule has 23 heavy (non-hydrogen) atoms. The van der Waals surface area contributed by atoms with Gasteiger partial charge in [0.1, 0.15) is 0 Å². The fraction of sp³-hybridized carbons (Fsp3) is 0.312. The molecule has 1 saturated carbocycles. The molecule has 0 spiro atoms. The Bertz CT molecular complexity index is 679. The minimum atomic E-state index is -0.182. The van der Waals surface area contributed by atoms with E-state index in [1.54, 1.807) is 0 Å². The van der Waals surface area contributed by atoms with Gasteiger partial charge in [0.25, 0.3) is 5.91 Å². The van der Waals surface area contributed by atoms with Crippen LogP contribution in [0.25, 0.3) is 11.3 Å². The normalized spacial score (nSPS) is 19.9. The number of hydrogen-bond acceptors (Lipinski definition) is 5. The van der Waals surface area contributed by atoms with E-state index in [-0.39, 0.29) is 36.3 Å². The SMILES string of the molecule is Cl.Nc1ncc(C(=O)N[C@@H]2CC[C@@H](N)C2)c(-c2ccccc2)n1. The summed E-state index contributed by atoms with van der Waals surface area (Å²) in [7, 11) is 0. The predicted octanol–water partition coefficient (Wildman–Crippen LogP) is 1.76. The third-order valence-electron chi connectivity index (χ3n) is 3.91. The smallest absolute Gasteiger partial charge is 0.255 e. The Labute approximate surface area is 141 Å². The maximum atomic E-state index is 12.5. The summed E-state index contributed by atoms with van der Waals surface area (Å²) in [6.45, 7) is 0. The van der Waals surface area contributed by atoms with Crippen molar-refractivity contribution >= 4 is 24.3 Å². The molecule has 1 fully saturated rings. The lowest BCUT2D eigenvalue weighted by Crippen LogP contribution is -2.34. The van der Waals surface area contributed by atoms with Gasteiger partial charge >= 0.3 is 0 Å². The van der Waals surface area contributed by atoms with Crippen molar-refractivity contribution in [1.29, 1.82) is 0 Å². The van der Waals surface area contributed by atoms with E-state index in [4.69, 9.17) is 11.5 Å². The van der Waals surface area contributed by atoms with Crippen LogP contribution in [0, 0.1) is 0 Å². The molecule has 0 unspecified atom stereocenters. The van der Waals surface area contributed by atoms with Crippen LogP contribution in [-0.2, 0) is 0 Å². The van der Waals surface area contributed by atoms with E-state index in [0.717, 1.165) is 24.8 Å². The fourth-order valence-corrected chi connectivity index (χ4v) is 2.79. The van der Waals surface area contributed by atoms with Crippen molar-refractivity contribution in [3.8, 4) is 11.3 Å². The first-order valence-electron chi connectivity index (χ1n) is 7.38. The number of benzene rings is 1. The lowest BCUT2D eigenvalue weighted by molar-refractivity contribution is 0.0937. The second kappa shape index (κ2) is 7.39. The average molecular weight is 334 g/mol. The Morgan fingerprint density at radius 3 is 2.61 bits per heavy atom. The molecule has 3 rings (SSSR count). The number of nitrogens with two attached hydrogens (primary N) is 2. The molecule has 1 aliphatic carbocycles. The van der Waals surface area contributed by atoms with Crippen molar-refractivity contribution in [3.63, 3.8) is 0 Å². The maximum Gasteiger partial charge on any atom is 0.255 e. The molecule has 6 nitrogen and oxygen atoms in total. The number of nitrogen functional groups attached to an aromatic ring is 1. The molecular weight excluding hydrogens is 314 g/mol. The zero-order valence-electron chi connectivity index (χ0n) is 12.6. The van der Waals surface area contributed by atoms with Gasteiger partial charge in [-0.3, -0.25) is 4.79 Å². The number of carbonyl (C=O) groups is 1. The average Bonchev–Trinajstić information content (AvgIpc) is 2.93. The Balaban J connectivity index is 0.00000192. The summed E-state index contributed by atoms with van der Waals surface area (Å²) in [6, 6.07) is 9.77. The number of rotatable bonds is 3. The Kier molecular flexibility index (Phi) is 5.52. The summed E-state index contributed by atoms with van der Waals surface area (Å²) < 4.78 is 0. The maximum absolute atomic E-state index is 12.5. The zero-order valence-corrected chi connectivity index (χ0v) is 13.4. The van der Waals surface area contributed by atoms with E-state index >= 15 is 0 Å². The van der Waals surface area contributed by atoms with Gasteiger partial charge in [-0.2, -0.15) is 0 Å². The van der Waals surface area contributed by atoms with Crippen LogP contribution in [0.4, 0.5) is 5.95 Å². The highest BCUT2D eigenvalue weighted by Gasteiger charge is 2.25. The monoisotopic (exact) mass is 333 g/mol. The largest absolute Gasteiger partial charge is 0.368 e. The summed E-state index contributed by atoms with van der Waals surface area (Å²) in [4.78, 5) is 20.7. The van der Waals surface area contributed by atoms with E-state index in [1.807, 2.05) is 30.3 Å². The molecule has 5 N–H and O–H groups in total. The molecule has 2 atom stereocenters. The van der Waals surface area contributed by atoms with Crippen molar-refractivity contribution in [2.45, 2.75) is 31.3 Å². The number of hydrogen-bond donors (Lipinski definition) is 3. The third kappa shape index (κ3) is 3.97. The van der Waals surface area contributed by atoms with E-state index in [9.17, 15) is 4.79 Å². The molecule has 0 aliphatic heterocycles. The summed E-state index contributed by atoms with van der Waals surface area (Å²) in [6.07, 6.45) is 4.13. The number of carbonyl (C=O) groups excluding carboxylic acids is 1. The molecule has 0 radical (unpaired) electrons. The fourth-order valence-electron chi connectivity index (χ4n) is 2.79. The van der Waals surface area contributed by atoms with Crippen LogP contribution >= 0.6 is 12.4 Å². The van der Waals surface area contributed by atoms with Crippen molar-refractivity contribution in [2.75, 3.05) is 5.73 Å². The van der Waals surface area contributed by atoms with Crippen molar-refractivity contribution < 1.29 is 4.79 Å². The lowest BCUT2D eigenvalue weighted by Gasteiger charge is -2.14. The van der Waals surface area contributed by atoms with E-state index in [2.05, 4.69) is 15.3 Å². The second-order valence-electron chi connectivity index (χ2n) is 5.60. The molecule has 1 amide bonds. The highest BCUT2D eigenvalue weighted by Crippen LogP contribution is 2.23. The molecule has 2 aromatic rings. The second-order valence-corrected chi connectivity index (χ2v) is 5.60. The van der Waals surface area contributed by atoms with Gasteiger partial charge in [-0.15, -0.1) is 12.4 Å². The third-order valence-corrected chi connectivity index (χ3v) is 3.91. The molecular formula is C16H20ClN5O.